The number of aromatic nitrogens is 4. The van der Waals surface area contributed by atoms with Crippen molar-refractivity contribution in [2.45, 2.75) is 18.7 Å². The van der Waals surface area contributed by atoms with Gasteiger partial charge in [-0.15, -0.1) is 0 Å². The van der Waals surface area contributed by atoms with Gasteiger partial charge in [-0.05, 0) is 55.8 Å². The monoisotopic (exact) mass is 437 g/mol. The first-order chi connectivity index (χ1) is 14.6. The molecule has 2 heterocycles. The fraction of sp³-hybridized carbons (Fsp3) is 0.190. The molecule has 10 heteroatoms. The summed E-state index contributed by atoms with van der Waals surface area (Å²) < 4.78 is 26.0. The average molecular weight is 438 g/mol. The fourth-order valence-electron chi connectivity index (χ4n) is 3.51. The molecule has 0 radical (unpaired) electrons. The Hall–Kier alpha value is -3.50. The summed E-state index contributed by atoms with van der Waals surface area (Å²) in [6, 6.07) is 11.0. The number of hydrogen-bond donors (Lipinski definition) is 2. The number of anilines is 4. The average Bonchev–Trinajstić information content (AvgIpc) is 3.01. The second-order valence-electron chi connectivity index (χ2n) is 7.35. The molecular formula is C21H23N7O2S. The first kappa shape index (κ1) is 20.8. The molecule has 31 heavy (non-hydrogen) atoms. The summed E-state index contributed by atoms with van der Waals surface area (Å²) in [6.07, 6.45) is 3.20. The van der Waals surface area contributed by atoms with Crippen LogP contribution < -0.4 is 15.4 Å². The number of nitrogens with zero attached hydrogens (tertiary/aromatic N) is 5. The number of rotatable bonds is 5. The maximum absolute atomic E-state index is 12.1. The zero-order valence-electron chi connectivity index (χ0n) is 17.7. The van der Waals surface area contributed by atoms with Crippen LogP contribution in [0.2, 0.25) is 0 Å². The molecule has 0 bridgehead atoms. The lowest BCUT2D eigenvalue weighted by Crippen LogP contribution is -2.17. The topological polar surface area (TPSA) is 119 Å². The van der Waals surface area contributed by atoms with E-state index in [0.29, 0.717) is 17.2 Å². The van der Waals surface area contributed by atoms with Crippen molar-refractivity contribution >= 4 is 43.9 Å². The summed E-state index contributed by atoms with van der Waals surface area (Å²) in [5.41, 5.74) is 4.65. The standard InChI is InChI=1S/C21H23N7O2S/c1-13-10-19(27(3)15-6-7-16-14(2)28(4)26-17(16)11-15)18(12-20(13)31(22,29)30)25-21-23-8-5-9-24-21/h5-12H,1-4H3,(H2,22,29,30)(H,23,24,25). The quantitative estimate of drug-likeness (QED) is 0.492. The second-order valence-corrected chi connectivity index (χ2v) is 8.88. The van der Waals surface area contributed by atoms with Crippen molar-refractivity contribution in [1.82, 2.24) is 19.7 Å². The maximum Gasteiger partial charge on any atom is 0.238 e. The van der Waals surface area contributed by atoms with Crippen LogP contribution in [0.5, 0.6) is 0 Å². The molecule has 3 N–H and O–H groups in total. The van der Waals surface area contributed by atoms with Gasteiger partial charge >= 0.3 is 0 Å². The molecule has 0 spiro atoms. The van der Waals surface area contributed by atoms with Gasteiger partial charge in [0.1, 0.15) is 0 Å². The molecule has 4 aromatic rings. The van der Waals surface area contributed by atoms with E-state index in [1.807, 2.05) is 48.8 Å². The van der Waals surface area contributed by atoms with Gasteiger partial charge in [0, 0.05) is 43.3 Å². The van der Waals surface area contributed by atoms with E-state index in [4.69, 9.17) is 5.14 Å². The molecule has 0 saturated carbocycles. The van der Waals surface area contributed by atoms with Crippen LogP contribution in [0.1, 0.15) is 11.3 Å². The Bertz CT molecular complexity index is 1380. The molecule has 0 aliphatic rings. The van der Waals surface area contributed by atoms with Gasteiger partial charge in [-0.25, -0.2) is 23.5 Å². The van der Waals surface area contributed by atoms with Gasteiger partial charge in [0.25, 0.3) is 0 Å². The number of fused-ring (bicyclic) bond motifs is 1. The lowest BCUT2D eigenvalue weighted by molar-refractivity contribution is 0.597. The van der Waals surface area contributed by atoms with Crippen LogP contribution in [-0.4, -0.2) is 35.2 Å². The molecule has 4 rings (SSSR count). The number of benzene rings is 2. The molecule has 9 nitrogen and oxygen atoms in total. The van der Waals surface area contributed by atoms with Crippen LogP contribution in [0, 0.1) is 13.8 Å². The number of primary sulfonamides is 1. The van der Waals surface area contributed by atoms with E-state index >= 15 is 0 Å². The van der Waals surface area contributed by atoms with E-state index in [2.05, 4.69) is 20.4 Å². The molecule has 0 aliphatic heterocycles. The van der Waals surface area contributed by atoms with Crippen molar-refractivity contribution in [3.05, 3.63) is 60.0 Å². The minimum atomic E-state index is -3.90. The zero-order valence-corrected chi connectivity index (χ0v) is 18.5. The maximum atomic E-state index is 12.1. The Morgan fingerprint density at radius 1 is 1.10 bits per heavy atom. The van der Waals surface area contributed by atoms with Crippen LogP contribution in [-0.2, 0) is 17.1 Å². The largest absolute Gasteiger partial charge is 0.343 e. The third kappa shape index (κ3) is 3.94. The van der Waals surface area contributed by atoms with Gasteiger partial charge in [-0.2, -0.15) is 5.10 Å². The fourth-order valence-corrected chi connectivity index (χ4v) is 4.30. The van der Waals surface area contributed by atoms with Crippen molar-refractivity contribution in [3.63, 3.8) is 0 Å². The Labute approximate surface area is 180 Å². The van der Waals surface area contributed by atoms with E-state index < -0.39 is 10.0 Å². The van der Waals surface area contributed by atoms with Gasteiger partial charge in [-0.1, -0.05) is 0 Å². The smallest absolute Gasteiger partial charge is 0.238 e. The zero-order chi connectivity index (χ0) is 22.3. The molecule has 0 unspecified atom stereocenters. The molecular weight excluding hydrogens is 414 g/mol. The third-order valence-corrected chi connectivity index (χ3v) is 6.33. The van der Waals surface area contributed by atoms with E-state index in [9.17, 15) is 8.42 Å². The molecule has 0 saturated heterocycles. The van der Waals surface area contributed by atoms with Crippen LogP contribution in [0.4, 0.5) is 23.0 Å². The van der Waals surface area contributed by atoms with E-state index in [1.54, 1.807) is 31.5 Å². The lowest BCUT2D eigenvalue weighted by Gasteiger charge is -2.24. The highest BCUT2D eigenvalue weighted by Crippen LogP contribution is 2.36. The number of aryl methyl sites for hydroxylation is 3. The van der Waals surface area contributed by atoms with Crippen molar-refractivity contribution in [2.24, 2.45) is 12.2 Å². The van der Waals surface area contributed by atoms with Crippen LogP contribution in [0.25, 0.3) is 10.9 Å². The van der Waals surface area contributed by atoms with E-state index in [-0.39, 0.29) is 4.90 Å². The summed E-state index contributed by atoms with van der Waals surface area (Å²) in [6.45, 7) is 3.74. The number of nitrogens with one attached hydrogen (secondary N) is 1. The van der Waals surface area contributed by atoms with Crippen LogP contribution in [0.15, 0.2) is 53.7 Å². The normalized spacial score (nSPS) is 11.6. The summed E-state index contributed by atoms with van der Waals surface area (Å²) in [5.74, 6) is 0.345. The van der Waals surface area contributed by atoms with Crippen LogP contribution in [0.3, 0.4) is 0 Å². The van der Waals surface area contributed by atoms with Crippen molar-refractivity contribution in [1.29, 1.82) is 0 Å². The Morgan fingerprint density at radius 3 is 2.48 bits per heavy atom. The van der Waals surface area contributed by atoms with Crippen molar-refractivity contribution in [3.8, 4) is 0 Å². The Balaban J connectivity index is 1.85. The number of hydrogen-bond acceptors (Lipinski definition) is 7. The van der Waals surface area contributed by atoms with Crippen LogP contribution >= 0.6 is 0 Å². The third-order valence-electron chi connectivity index (χ3n) is 5.27. The predicted molar refractivity (Wildman–Crippen MR) is 121 cm³/mol. The Morgan fingerprint density at radius 2 is 1.81 bits per heavy atom. The molecule has 0 aliphatic carbocycles. The number of nitrogens with two attached hydrogens (primary N) is 1. The van der Waals surface area contributed by atoms with Gasteiger partial charge < -0.3 is 10.2 Å². The highest BCUT2D eigenvalue weighted by Gasteiger charge is 2.19. The van der Waals surface area contributed by atoms with Gasteiger partial charge in [0.15, 0.2) is 0 Å². The first-order valence-electron chi connectivity index (χ1n) is 9.54. The summed E-state index contributed by atoms with van der Waals surface area (Å²) in [7, 11) is -0.0835. The van der Waals surface area contributed by atoms with Crippen molar-refractivity contribution < 1.29 is 8.42 Å². The van der Waals surface area contributed by atoms with Gasteiger partial charge in [-0.3, -0.25) is 4.68 Å². The minimum Gasteiger partial charge on any atom is -0.343 e. The highest BCUT2D eigenvalue weighted by molar-refractivity contribution is 7.89. The van der Waals surface area contributed by atoms with Gasteiger partial charge in [0.2, 0.25) is 16.0 Å². The predicted octanol–water partition coefficient (Wildman–Crippen LogP) is 3.14. The van der Waals surface area contributed by atoms with E-state index in [1.165, 1.54) is 6.07 Å². The summed E-state index contributed by atoms with van der Waals surface area (Å²) in [5, 5.41) is 14.2. The minimum absolute atomic E-state index is 0.0406. The molecule has 0 atom stereocenters. The summed E-state index contributed by atoms with van der Waals surface area (Å²) >= 11 is 0. The molecule has 0 amide bonds. The highest BCUT2D eigenvalue weighted by atomic mass is 32.2. The lowest BCUT2D eigenvalue weighted by atomic mass is 10.1. The second kappa shape index (κ2) is 7.64. The van der Waals surface area contributed by atoms with Gasteiger partial charge in [0.05, 0.1) is 21.8 Å². The number of sulfonamides is 1. The first-order valence-corrected chi connectivity index (χ1v) is 11.1. The Kier molecular flexibility index (Phi) is 5.11. The molecule has 2 aromatic carbocycles. The molecule has 160 valence electrons. The summed E-state index contributed by atoms with van der Waals surface area (Å²) in [4.78, 5) is 10.4. The molecule has 0 fully saturated rings. The van der Waals surface area contributed by atoms with Crippen molar-refractivity contribution in [2.75, 3.05) is 17.3 Å². The SMILES string of the molecule is Cc1cc(N(C)c2ccc3c(C)n(C)nc3c2)c(Nc2ncccn2)cc1S(N)(=O)=O. The van der Waals surface area contributed by atoms with E-state index in [0.717, 1.165) is 28.0 Å². The molecule has 2 aromatic heterocycles.